The molecule has 0 N–H and O–H groups in total. The molecule has 0 saturated carbocycles. The van der Waals surface area contributed by atoms with Gasteiger partial charge in [0, 0.05) is 23.8 Å². The van der Waals surface area contributed by atoms with Gasteiger partial charge in [-0.05, 0) is 54.9 Å². The third kappa shape index (κ3) is 7.15. The van der Waals surface area contributed by atoms with E-state index in [1.807, 2.05) is 12.4 Å². The van der Waals surface area contributed by atoms with Crippen molar-refractivity contribution in [3.63, 3.8) is 0 Å². The van der Waals surface area contributed by atoms with Crippen molar-refractivity contribution < 1.29 is 0 Å². The zero-order chi connectivity index (χ0) is 17.9. The van der Waals surface area contributed by atoms with Crippen LogP contribution in [0.15, 0.2) is 30.6 Å². The maximum atomic E-state index is 6.44. The first-order valence-electron chi connectivity index (χ1n) is 9.80. The van der Waals surface area contributed by atoms with E-state index in [1.54, 1.807) is 0 Å². The summed E-state index contributed by atoms with van der Waals surface area (Å²) in [6.07, 6.45) is 15.4. The molecule has 0 radical (unpaired) electrons. The van der Waals surface area contributed by atoms with Crippen molar-refractivity contribution in [2.24, 2.45) is 0 Å². The van der Waals surface area contributed by atoms with E-state index < -0.39 is 0 Å². The second-order valence-corrected chi connectivity index (χ2v) is 7.25. The summed E-state index contributed by atoms with van der Waals surface area (Å²) in [5, 5.41) is 0.904. The Morgan fingerprint density at radius 3 is 2.08 bits per heavy atom. The molecule has 0 unspecified atom stereocenters. The van der Waals surface area contributed by atoms with Gasteiger partial charge in [-0.1, -0.05) is 63.3 Å². The van der Waals surface area contributed by atoms with Crippen LogP contribution in [-0.4, -0.2) is 9.97 Å². The van der Waals surface area contributed by atoms with E-state index in [-0.39, 0.29) is 0 Å². The van der Waals surface area contributed by atoms with Crippen LogP contribution >= 0.6 is 11.6 Å². The molecule has 1 heterocycles. The van der Waals surface area contributed by atoms with Gasteiger partial charge in [-0.3, -0.25) is 0 Å². The van der Waals surface area contributed by atoms with Gasteiger partial charge in [0.2, 0.25) is 0 Å². The lowest BCUT2D eigenvalue weighted by molar-refractivity contribution is 0.711. The van der Waals surface area contributed by atoms with E-state index >= 15 is 0 Å². The Morgan fingerprint density at radius 2 is 1.44 bits per heavy atom. The van der Waals surface area contributed by atoms with Crippen LogP contribution < -0.4 is 0 Å². The van der Waals surface area contributed by atoms with Gasteiger partial charge in [0.15, 0.2) is 0 Å². The first-order valence-corrected chi connectivity index (χ1v) is 10.2. The van der Waals surface area contributed by atoms with Crippen LogP contribution in [0.3, 0.4) is 0 Å². The number of halogens is 1. The maximum Gasteiger partial charge on any atom is 0.128 e. The molecule has 0 aliphatic rings. The molecule has 0 aliphatic carbocycles. The molecule has 0 atom stereocenters. The van der Waals surface area contributed by atoms with E-state index in [0.717, 1.165) is 36.5 Å². The van der Waals surface area contributed by atoms with Crippen LogP contribution in [0.25, 0.3) is 0 Å². The Bertz CT molecular complexity index is 622. The summed E-state index contributed by atoms with van der Waals surface area (Å²) in [6, 6.07) is 6.50. The number of aromatic nitrogens is 2. The molecule has 2 nitrogen and oxygen atoms in total. The van der Waals surface area contributed by atoms with Gasteiger partial charge in [0.05, 0.1) is 0 Å². The van der Waals surface area contributed by atoms with Crippen molar-refractivity contribution >= 4 is 11.6 Å². The number of unbranched alkanes of at least 4 members (excludes halogenated alkanes) is 4. The molecule has 0 bridgehead atoms. The van der Waals surface area contributed by atoms with Crippen LogP contribution in [0.1, 0.15) is 74.9 Å². The molecular weight excluding hydrogens is 328 g/mol. The Hall–Kier alpha value is -1.41. The molecule has 0 aliphatic heterocycles. The number of hydrogen-bond donors (Lipinski definition) is 0. The Morgan fingerprint density at radius 1 is 0.760 bits per heavy atom. The minimum absolute atomic E-state index is 0.862. The van der Waals surface area contributed by atoms with Gasteiger partial charge < -0.3 is 0 Å². The summed E-state index contributed by atoms with van der Waals surface area (Å²) in [4.78, 5) is 9.04. The number of rotatable bonds is 11. The van der Waals surface area contributed by atoms with E-state index in [0.29, 0.717) is 0 Å². The SMILES string of the molecule is CCCCCc1cnc(CCc2ccc(CCCCC)c(Cl)c2)nc1. The molecule has 25 heavy (non-hydrogen) atoms. The summed E-state index contributed by atoms with van der Waals surface area (Å²) in [7, 11) is 0. The second kappa shape index (κ2) is 11.3. The zero-order valence-electron chi connectivity index (χ0n) is 15.7. The number of hydrogen-bond acceptors (Lipinski definition) is 2. The van der Waals surface area contributed by atoms with E-state index in [9.17, 15) is 0 Å². The first kappa shape index (κ1) is 19.9. The minimum Gasteiger partial charge on any atom is -0.241 e. The van der Waals surface area contributed by atoms with Gasteiger partial charge in [-0.2, -0.15) is 0 Å². The van der Waals surface area contributed by atoms with Gasteiger partial charge in [-0.15, -0.1) is 0 Å². The highest BCUT2D eigenvalue weighted by Crippen LogP contribution is 2.21. The zero-order valence-corrected chi connectivity index (χ0v) is 16.5. The smallest absolute Gasteiger partial charge is 0.128 e. The van der Waals surface area contributed by atoms with Gasteiger partial charge in [0.25, 0.3) is 0 Å². The molecule has 0 fully saturated rings. The first-order chi connectivity index (χ1) is 12.2. The van der Waals surface area contributed by atoms with Crippen molar-refractivity contribution in [1.82, 2.24) is 9.97 Å². The lowest BCUT2D eigenvalue weighted by Gasteiger charge is -2.07. The van der Waals surface area contributed by atoms with Crippen LogP contribution in [0.2, 0.25) is 5.02 Å². The largest absolute Gasteiger partial charge is 0.241 e. The van der Waals surface area contributed by atoms with Gasteiger partial charge in [0.1, 0.15) is 5.82 Å². The molecule has 0 spiro atoms. The van der Waals surface area contributed by atoms with Gasteiger partial charge >= 0.3 is 0 Å². The predicted molar refractivity (Wildman–Crippen MR) is 107 cm³/mol. The Labute approximate surface area is 158 Å². The molecule has 0 amide bonds. The molecule has 3 heteroatoms. The third-order valence-electron chi connectivity index (χ3n) is 4.63. The second-order valence-electron chi connectivity index (χ2n) is 6.85. The maximum absolute atomic E-state index is 6.44. The fraction of sp³-hybridized carbons (Fsp3) is 0.545. The number of aryl methyl sites for hydroxylation is 4. The minimum atomic E-state index is 0.862. The predicted octanol–water partition coefficient (Wildman–Crippen LogP) is 6.38. The Kier molecular flexibility index (Phi) is 8.96. The fourth-order valence-corrected chi connectivity index (χ4v) is 3.29. The summed E-state index contributed by atoms with van der Waals surface area (Å²) < 4.78 is 0. The quantitative estimate of drug-likeness (QED) is 0.435. The van der Waals surface area contributed by atoms with Crippen molar-refractivity contribution in [1.29, 1.82) is 0 Å². The molecule has 136 valence electrons. The molecular formula is C22H31ClN2. The normalized spacial score (nSPS) is 11.0. The van der Waals surface area contributed by atoms with E-state index in [4.69, 9.17) is 11.6 Å². The lowest BCUT2D eigenvalue weighted by Crippen LogP contribution is -2.00. The highest BCUT2D eigenvalue weighted by Gasteiger charge is 2.04. The monoisotopic (exact) mass is 358 g/mol. The topological polar surface area (TPSA) is 25.8 Å². The molecule has 2 rings (SSSR count). The molecule has 1 aromatic carbocycles. The van der Waals surface area contributed by atoms with Crippen molar-refractivity contribution in [2.75, 3.05) is 0 Å². The summed E-state index contributed by atoms with van der Waals surface area (Å²) in [6.45, 7) is 4.45. The summed E-state index contributed by atoms with van der Waals surface area (Å²) in [5.74, 6) is 0.919. The third-order valence-corrected chi connectivity index (χ3v) is 4.98. The van der Waals surface area contributed by atoms with Crippen molar-refractivity contribution in [3.8, 4) is 0 Å². The van der Waals surface area contributed by atoms with Crippen LogP contribution in [0.4, 0.5) is 0 Å². The standard InChI is InChI=1S/C22H31ClN2/c1-3-5-7-9-19-16-24-22(25-17-19)14-12-18-11-13-20(21(23)15-18)10-8-6-4-2/h11,13,15-17H,3-10,12,14H2,1-2H3. The van der Waals surface area contributed by atoms with Crippen LogP contribution in [0.5, 0.6) is 0 Å². The van der Waals surface area contributed by atoms with E-state index in [1.165, 1.54) is 55.2 Å². The number of benzene rings is 1. The average Bonchev–Trinajstić information content (AvgIpc) is 2.63. The van der Waals surface area contributed by atoms with Crippen LogP contribution in [0, 0.1) is 0 Å². The summed E-state index contributed by atoms with van der Waals surface area (Å²) in [5.41, 5.74) is 3.78. The van der Waals surface area contributed by atoms with Crippen molar-refractivity contribution in [2.45, 2.75) is 78.1 Å². The molecule has 0 saturated heterocycles. The summed E-state index contributed by atoms with van der Waals surface area (Å²) >= 11 is 6.44. The fourth-order valence-electron chi connectivity index (χ4n) is 2.99. The highest BCUT2D eigenvalue weighted by atomic mass is 35.5. The van der Waals surface area contributed by atoms with E-state index in [2.05, 4.69) is 42.0 Å². The lowest BCUT2D eigenvalue weighted by atomic mass is 10.0. The molecule has 1 aromatic heterocycles. The van der Waals surface area contributed by atoms with Crippen LogP contribution in [-0.2, 0) is 25.7 Å². The highest BCUT2D eigenvalue weighted by molar-refractivity contribution is 6.31. The molecule has 2 aromatic rings. The Balaban J connectivity index is 1.83. The average molecular weight is 359 g/mol. The van der Waals surface area contributed by atoms with Crippen molar-refractivity contribution in [3.05, 3.63) is 58.1 Å². The van der Waals surface area contributed by atoms with Gasteiger partial charge in [-0.25, -0.2) is 9.97 Å². The number of nitrogens with zero attached hydrogens (tertiary/aromatic N) is 2.